The quantitative estimate of drug-likeness (QED) is 0.347. The fourth-order valence-corrected chi connectivity index (χ4v) is 0.570. The minimum absolute atomic E-state index is 0. The SMILES string of the molecule is FC(F)(F)c1[c-]cccc1.[Li+]. The Hall–Kier alpha value is -0.393. The predicted molar refractivity (Wildman–Crippen MR) is 30.3 cm³/mol. The van der Waals surface area contributed by atoms with E-state index in [1.165, 1.54) is 18.2 Å². The second kappa shape index (κ2) is 3.84. The Morgan fingerprint density at radius 2 is 1.82 bits per heavy atom. The van der Waals surface area contributed by atoms with Gasteiger partial charge in [-0.1, -0.05) is 5.56 Å². The molecule has 0 saturated heterocycles. The third-order valence-corrected chi connectivity index (χ3v) is 1.01. The van der Waals surface area contributed by atoms with Crippen LogP contribution in [0.2, 0.25) is 0 Å². The zero-order valence-electron chi connectivity index (χ0n) is 5.94. The molecule has 0 aliphatic heterocycles. The molecule has 0 nitrogen and oxygen atoms in total. The van der Waals surface area contributed by atoms with E-state index in [1.54, 1.807) is 0 Å². The molecule has 4 heteroatoms. The Morgan fingerprint density at radius 1 is 1.18 bits per heavy atom. The number of rotatable bonds is 0. The summed E-state index contributed by atoms with van der Waals surface area (Å²) in [6, 6.07) is 7.14. The molecule has 11 heavy (non-hydrogen) atoms. The molecule has 0 N–H and O–H groups in total. The Balaban J connectivity index is 0.000001000. The maximum atomic E-state index is 11.8. The summed E-state index contributed by atoms with van der Waals surface area (Å²) in [5, 5.41) is 0. The molecule has 0 heterocycles. The molecule has 0 saturated carbocycles. The standard InChI is InChI=1S/C7H4F3.Li/c8-7(9,10)6-4-2-1-3-5-6;/h1-4H;/q-1;+1. The molecule has 1 aromatic rings. The monoisotopic (exact) mass is 152 g/mol. The van der Waals surface area contributed by atoms with Crippen molar-refractivity contribution in [3.8, 4) is 0 Å². The molecule has 0 fully saturated rings. The summed E-state index contributed by atoms with van der Waals surface area (Å²) in [5.41, 5.74) is -0.727. The Morgan fingerprint density at radius 3 is 2.09 bits per heavy atom. The fraction of sp³-hybridized carbons (Fsp3) is 0.143. The average molecular weight is 152 g/mol. The first-order valence-electron chi connectivity index (χ1n) is 2.64. The molecule has 1 aromatic carbocycles. The number of alkyl halides is 3. The molecule has 54 valence electrons. The largest absolute Gasteiger partial charge is 1.00 e. The number of hydrogen-bond donors (Lipinski definition) is 0. The van der Waals surface area contributed by atoms with E-state index in [2.05, 4.69) is 6.07 Å². The van der Waals surface area contributed by atoms with Crippen molar-refractivity contribution in [1.29, 1.82) is 0 Å². The van der Waals surface area contributed by atoms with Crippen molar-refractivity contribution >= 4 is 0 Å². The van der Waals surface area contributed by atoms with Crippen LogP contribution in [0, 0.1) is 6.07 Å². The van der Waals surface area contributed by atoms with Gasteiger partial charge in [-0.05, 0) is 0 Å². The van der Waals surface area contributed by atoms with Crippen molar-refractivity contribution in [2.75, 3.05) is 0 Å². The summed E-state index contributed by atoms with van der Waals surface area (Å²) in [4.78, 5) is 0. The molecule has 0 aromatic heterocycles. The van der Waals surface area contributed by atoms with Gasteiger partial charge < -0.3 is 0 Å². The molecule has 0 atom stereocenters. The molecule has 0 unspecified atom stereocenters. The topological polar surface area (TPSA) is 0 Å². The summed E-state index contributed by atoms with van der Waals surface area (Å²) in [7, 11) is 0. The summed E-state index contributed by atoms with van der Waals surface area (Å²) < 4.78 is 35.3. The van der Waals surface area contributed by atoms with Crippen LogP contribution < -0.4 is 18.9 Å². The van der Waals surface area contributed by atoms with Crippen molar-refractivity contribution < 1.29 is 32.0 Å². The van der Waals surface area contributed by atoms with Crippen LogP contribution in [0.1, 0.15) is 5.56 Å². The van der Waals surface area contributed by atoms with E-state index in [-0.39, 0.29) is 18.9 Å². The van der Waals surface area contributed by atoms with E-state index in [4.69, 9.17) is 0 Å². The second-order valence-electron chi connectivity index (χ2n) is 1.77. The fourth-order valence-electron chi connectivity index (χ4n) is 0.570. The third kappa shape index (κ3) is 3.00. The van der Waals surface area contributed by atoms with Crippen LogP contribution in [0.5, 0.6) is 0 Å². The molecule has 0 amide bonds. The second-order valence-corrected chi connectivity index (χ2v) is 1.77. The molecule has 0 bridgehead atoms. The molecular formula is C7H4F3Li. The summed E-state index contributed by atoms with van der Waals surface area (Å²) in [5.74, 6) is 0. The van der Waals surface area contributed by atoms with Crippen LogP contribution in [0.4, 0.5) is 13.2 Å². The van der Waals surface area contributed by atoms with Crippen LogP contribution in [-0.2, 0) is 6.18 Å². The van der Waals surface area contributed by atoms with Crippen LogP contribution in [0.15, 0.2) is 24.3 Å². The van der Waals surface area contributed by atoms with Gasteiger partial charge in [0.15, 0.2) is 0 Å². The molecule has 0 aliphatic rings. The van der Waals surface area contributed by atoms with Gasteiger partial charge >= 0.3 is 25.0 Å². The molecule has 0 aliphatic carbocycles. The van der Waals surface area contributed by atoms with Crippen molar-refractivity contribution in [1.82, 2.24) is 0 Å². The molecule has 0 radical (unpaired) electrons. The van der Waals surface area contributed by atoms with E-state index in [1.807, 2.05) is 0 Å². The van der Waals surface area contributed by atoms with Gasteiger partial charge in [-0.2, -0.15) is 43.5 Å². The Labute approximate surface area is 74.6 Å². The first-order valence-corrected chi connectivity index (χ1v) is 2.64. The zero-order chi connectivity index (χ0) is 7.61. The van der Waals surface area contributed by atoms with Crippen molar-refractivity contribution in [2.24, 2.45) is 0 Å². The molecule has 0 spiro atoms. The number of benzene rings is 1. The number of hydrogen-bond acceptors (Lipinski definition) is 0. The summed E-state index contributed by atoms with van der Waals surface area (Å²) in [6.07, 6.45) is -4.26. The smallest absolute Gasteiger partial charge is 0.176 e. The minimum Gasteiger partial charge on any atom is -0.176 e. The van der Waals surface area contributed by atoms with Gasteiger partial charge in [0, 0.05) is 0 Å². The molecular weight excluding hydrogens is 148 g/mol. The van der Waals surface area contributed by atoms with Gasteiger partial charge in [0.2, 0.25) is 0 Å². The maximum Gasteiger partial charge on any atom is 1.00 e. The van der Waals surface area contributed by atoms with Gasteiger partial charge in [0.25, 0.3) is 0 Å². The van der Waals surface area contributed by atoms with Crippen molar-refractivity contribution in [2.45, 2.75) is 6.18 Å². The zero-order valence-corrected chi connectivity index (χ0v) is 5.94. The summed E-state index contributed by atoms with van der Waals surface area (Å²) >= 11 is 0. The first kappa shape index (κ1) is 10.6. The van der Waals surface area contributed by atoms with Gasteiger partial charge in [-0.15, -0.1) is 0 Å². The predicted octanol–water partition coefficient (Wildman–Crippen LogP) is -0.490. The van der Waals surface area contributed by atoms with Crippen molar-refractivity contribution in [3.05, 3.63) is 35.9 Å². The van der Waals surface area contributed by atoms with Crippen molar-refractivity contribution in [3.63, 3.8) is 0 Å². The van der Waals surface area contributed by atoms with Crippen LogP contribution in [0.3, 0.4) is 0 Å². The normalized spacial score (nSPS) is 10.5. The molecule has 1 rings (SSSR count). The Bertz CT molecular complexity index is 205. The van der Waals surface area contributed by atoms with E-state index >= 15 is 0 Å². The average Bonchev–Trinajstić information content (AvgIpc) is 1.88. The number of halogens is 3. The minimum atomic E-state index is -4.26. The van der Waals surface area contributed by atoms with Crippen LogP contribution in [-0.4, -0.2) is 0 Å². The third-order valence-electron chi connectivity index (χ3n) is 1.01. The van der Waals surface area contributed by atoms with Gasteiger partial charge in [-0.25, -0.2) is 0 Å². The summed E-state index contributed by atoms with van der Waals surface area (Å²) in [6.45, 7) is 0. The van der Waals surface area contributed by atoms with E-state index in [9.17, 15) is 13.2 Å². The van der Waals surface area contributed by atoms with E-state index in [0.717, 1.165) is 6.07 Å². The van der Waals surface area contributed by atoms with Gasteiger partial charge in [0.05, 0.1) is 0 Å². The van der Waals surface area contributed by atoms with E-state index < -0.39 is 11.7 Å². The van der Waals surface area contributed by atoms with Gasteiger partial charge in [0.1, 0.15) is 0 Å². The van der Waals surface area contributed by atoms with Crippen LogP contribution in [0.25, 0.3) is 0 Å². The van der Waals surface area contributed by atoms with E-state index in [0.29, 0.717) is 0 Å². The first-order chi connectivity index (χ1) is 4.61. The maximum absolute atomic E-state index is 11.8. The Kier molecular flexibility index (Phi) is 3.71. The van der Waals surface area contributed by atoms with Crippen LogP contribution >= 0.6 is 0 Å². The van der Waals surface area contributed by atoms with Gasteiger partial charge in [-0.3, -0.25) is 0 Å².